The maximum Gasteiger partial charge on any atom is 0.280 e. The zero-order valence-corrected chi connectivity index (χ0v) is 15.0. The van der Waals surface area contributed by atoms with Crippen LogP contribution < -0.4 is 4.74 Å². The number of aromatic nitrogens is 5. The Hall–Kier alpha value is -3.55. The van der Waals surface area contributed by atoms with Gasteiger partial charge in [-0.15, -0.1) is 5.10 Å². The number of nitrogens with zero attached hydrogens (tertiary/aromatic N) is 5. The second kappa shape index (κ2) is 6.64. The molecule has 4 rings (SSSR count). The zero-order valence-electron chi connectivity index (χ0n) is 15.0. The van der Waals surface area contributed by atoms with Crippen LogP contribution in [-0.2, 0) is 0 Å². The highest BCUT2D eigenvalue weighted by Crippen LogP contribution is 2.30. The van der Waals surface area contributed by atoms with Gasteiger partial charge in [0, 0.05) is 5.56 Å². The number of hydrogen-bond acceptors (Lipinski definition) is 6. The van der Waals surface area contributed by atoms with Gasteiger partial charge < -0.3 is 9.26 Å². The molecule has 2 aromatic heterocycles. The van der Waals surface area contributed by atoms with Gasteiger partial charge in [0.2, 0.25) is 5.82 Å². The molecule has 0 N–H and O–H groups in total. The average Bonchev–Trinajstić information content (AvgIpc) is 3.31. The summed E-state index contributed by atoms with van der Waals surface area (Å²) < 4.78 is 26.1. The topological polar surface area (TPSA) is 78.9 Å². The van der Waals surface area contributed by atoms with Crippen molar-refractivity contribution in [1.29, 1.82) is 0 Å². The van der Waals surface area contributed by atoms with E-state index >= 15 is 0 Å². The van der Waals surface area contributed by atoms with E-state index in [1.165, 1.54) is 6.07 Å². The minimum atomic E-state index is -0.305. The SMILES string of the molecule is COc1ccccc1-c1noc(-c2nnn(-c3cccc(F)c3C)c2C)n1. The van der Waals surface area contributed by atoms with Crippen LogP contribution in [0.2, 0.25) is 0 Å². The second-order valence-corrected chi connectivity index (χ2v) is 5.94. The number of benzene rings is 2. The van der Waals surface area contributed by atoms with Crippen LogP contribution in [0.25, 0.3) is 28.7 Å². The largest absolute Gasteiger partial charge is 0.496 e. The molecule has 4 aromatic rings. The molecule has 27 heavy (non-hydrogen) atoms. The number of rotatable bonds is 4. The molecule has 136 valence electrons. The Labute approximate surface area is 154 Å². The van der Waals surface area contributed by atoms with Crippen molar-refractivity contribution < 1.29 is 13.7 Å². The van der Waals surface area contributed by atoms with Crippen molar-refractivity contribution in [3.05, 3.63) is 59.5 Å². The third kappa shape index (κ3) is 2.84. The maximum atomic E-state index is 13.9. The van der Waals surface area contributed by atoms with E-state index < -0.39 is 0 Å². The van der Waals surface area contributed by atoms with E-state index in [1.807, 2.05) is 31.2 Å². The molecule has 0 radical (unpaired) electrons. The van der Waals surface area contributed by atoms with Gasteiger partial charge in [-0.3, -0.25) is 0 Å². The lowest BCUT2D eigenvalue weighted by molar-refractivity contribution is 0.413. The summed E-state index contributed by atoms with van der Waals surface area (Å²) in [6.45, 7) is 3.50. The second-order valence-electron chi connectivity index (χ2n) is 5.94. The molecule has 7 nitrogen and oxygen atoms in total. The van der Waals surface area contributed by atoms with Crippen molar-refractivity contribution >= 4 is 0 Å². The smallest absolute Gasteiger partial charge is 0.280 e. The van der Waals surface area contributed by atoms with Crippen molar-refractivity contribution in [3.63, 3.8) is 0 Å². The summed E-state index contributed by atoms with van der Waals surface area (Å²) in [5.41, 5.74) is 2.90. The first kappa shape index (κ1) is 16.9. The van der Waals surface area contributed by atoms with Gasteiger partial charge in [-0.05, 0) is 38.1 Å². The van der Waals surface area contributed by atoms with Crippen molar-refractivity contribution in [2.75, 3.05) is 7.11 Å². The van der Waals surface area contributed by atoms with Gasteiger partial charge in [-0.25, -0.2) is 9.07 Å². The van der Waals surface area contributed by atoms with E-state index in [1.54, 1.807) is 30.8 Å². The first-order valence-electron chi connectivity index (χ1n) is 8.25. The van der Waals surface area contributed by atoms with Crippen LogP contribution in [0.5, 0.6) is 5.75 Å². The molecule has 0 amide bonds. The third-order valence-electron chi connectivity index (χ3n) is 4.34. The Morgan fingerprint density at radius 1 is 1.07 bits per heavy atom. The van der Waals surface area contributed by atoms with Gasteiger partial charge in [0.15, 0.2) is 5.69 Å². The fourth-order valence-electron chi connectivity index (χ4n) is 2.84. The number of methoxy groups -OCH3 is 1. The summed E-state index contributed by atoms with van der Waals surface area (Å²) >= 11 is 0. The lowest BCUT2D eigenvalue weighted by Gasteiger charge is -2.07. The predicted molar refractivity (Wildman–Crippen MR) is 96.1 cm³/mol. The first-order valence-corrected chi connectivity index (χ1v) is 8.25. The van der Waals surface area contributed by atoms with E-state index in [9.17, 15) is 4.39 Å². The summed E-state index contributed by atoms with van der Waals surface area (Å²) in [5, 5.41) is 12.3. The van der Waals surface area contributed by atoms with E-state index in [-0.39, 0.29) is 11.7 Å². The van der Waals surface area contributed by atoms with Crippen LogP contribution in [0.3, 0.4) is 0 Å². The maximum absolute atomic E-state index is 13.9. The van der Waals surface area contributed by atoms with Gasteiger partial charge in [-0.1, -0.05) is 28.6 Å². The Balaban J connectivity index is 1.75. The molecule has 0 saturated heterocycles. The van der Waals surface area contributed by atoms with Crippen LogP contribution in [0.1, 0.15) is 11.3 Å². The molecule has 0 aliphatic carbocycles. The highest BCUT2D eigenvalue weighted by molar-refractivity contribution is 5.65. The summed E-state index contributed by atoms with van der Waals surface area (Å²) in [4.78, 5) is 4.42. The highest BCUT2D eigenvalue weighted by Gasteiger charge is 2.21. The molecule has 0 spiro atoms. The number of ether oxygens (including phenoxy) is 1. The van der Waals surface area contributed by atoms with E-state index in [0.717, 1.165) is 0 Å². The molecule has 0 atom stereocenters. The minimum absolute atomic E-state index is 0.230. The van der Waals surface area contributed by atoms with Crippen molar-refractivity contribution in [2.45, 2.75) is 13.8 Å². The van der Waals surface area contributed by atoms with Crippen LogP contribution >= 0.6 is 0 Å². The fraction of sp³-hybridized carbons (Fsp3) is 0.158. The quantitative estimate of drug-likeness (QED) is 0.548. The van der Waals surface area contributed by atoms with Gasteiger partial charge in [0.25, 0.3) is 5.89 Å². The summed E-state index contributed by atoms with van der Waals surface area (Å²) in [7, 11) is 1.58. The molecule has 0 aliphatic rings. The monoisotopic (exact) mass is 365 g/mol. The van der Waals surface area contributed by atoms with Gasteiger partial charge in [0.1, 0.15) is 11.6 Å². The lowest BCUT2D eigenvalue weighted by atomic mass is 10.2. The molecule has 0 aliphatic heterocycles. The van der Waals surface area contributed by atoms with Crippen molar-refractivity contribution in [3.8, 4) is 34.4 Å². The Morgan fingerprint density at radius 3 is 2.70 bits per heavy atom. The average molecular weight is 365 g/mol. The Morgan fingerprint density at radius 2 is 1.89 bits per heavy atom. The number of halogens is 1. The Kier molecular flexibility index (Phi) is 4.15. The van der Waals surface area contributed by atoms with E-state index in [4.69, 9.17) is 9.26 Å². The number of para-hydroxylation sites is 1. The van der Waals surface area contributed by atoms with Gasteiger partial charge >= 0.3 is 0 Å². The molecule has 8 heteroatoms. The summed E-state index contributed by atoms with van der Waals surface area (Å²) in [6, 6.07) is 12.2. The van der Waals surface area contributed by atoms with E-state index in [2.05, 4.69) is 20.5 Å². The highest BCUT2D eigenvalue weighted by atomic mass is 19.1. The Bertz CT molecular complexity index is 1120. The van der Waals surface area contributed by atoms with Gasteiger partial charge in [-0.2, -0.15) is 4.98 Å². The van der Waals surface area contributed by atoms with Crippen LogP contribution in [-0.4, -0.2) is 32.2 Å². The molecule has 2 aromatic carbocycles. The molecule has 2 heterocycles. The van der Waals surface area contributed by atoms with Crippen LogP contribution in [0.4, 0.5) is 4.39 Å². The van der Waals surface area contributed by atoms with Crippen LogP contribution in [0, 0.1) is 19.7 Å². The molecular weight excluding hydrogens is 349 g/mol. The first-order chi connectivity index (χ1) is 13.1. The minimum Gasteiger partial charge on any atom is -0.496 e. The zero-order chi connectivity index (χ0) is 19.0. The lowest BCUT2D eigenvalue weighted by Crippen LogP contribution is -2.03. The molecular formula is C19H16FN5O2. The van der Waals surface area contributed by atoms with Crippen molar-refractivity contribution in [2.24, 2.45) is 0 Å². The molecule has 0 fully saturated rings. The molecule has 0 unspecified atom stereocenters. The standard InChI is InChI=1S/C19H16FN5O2/c1-11-14(20)8-6-9-15(11)25-12(2)17(22-24-25)19-21-18(23-27-19)13-7-4-5-10-16(13)26-3/h4-10H,1-3H3. The molecule has 0 bridgehead atoms. The number of hydrogen-bond donors (Lipinski definition) is 0. The molecule has 0 saturated carbocycles. The van der Waals surface area contributed by atoms with E-state index in [0.29, 0.717) is 39.8 Å². The van der Waals surface area contributed by atoms with Crippen molar-refractivity contribution in [1.82, 2.24) is 25.1 Å². The summed E-state index contributed by atoms with van der Waals surface area (Å²) in [5.74, 6) is 0.952. The van der Waals surface area contributed by atoms with Gasteiger partial charge in [0.05, 0.1) is 24.1 Å². The normalized spacial score (nSPS) is 11.0. The summed E-state index contributed by atoms with van der Waals surface area (Å²) in [6.07, 6.45) is 0. The fourth-order valence-corrected chi connectivity index (χ4v) is 2.84. The predicted octanol–water partition coefficient (Wildman–Crippen LogP) is 3.75. The third-order valence-corrected chi connectivity index (χ3v) is 4.34. The van der Waals surface area contributed by atoms with Crippen LogP contribution in [0.15, 0.2) is 47.0 Å².